The Morgan fingerprint density at radius 2 is 1.80 bits per heavy atom. The lowest BCUT2D eigenvalue weighted by Crippen LogP contribution is -2.25. The van der Waals surface area contributed by atoms with Gasteiger partial charge in [0.2, 0.25) is 0 Å². The maximum atomic E-state index is 12.6. The molecule has 6 heteroatoms. The van der Waals surface area contributed by atoms with Gasteiger partial charge in [0.25, 0.3) is 0 Å². The lowest BCUT2D eigenvalue weighted by atomic mass is 10.00. The van der Waals surface area contributed by atoms with Gasteiger partial charge >= 0.3 is 6.18 Å². The summed E-state index contributed by atoms with van der Waals surface area (Å²) in [7, 11) is 0. The minimum Gasteiger partial charge on any atom is -0.312 e. The summed E-state index contributed by atoms with van der Waals surface area (Å²) in [6, 6.07) is 5.08. The van der Waals surface area contributed by atoms with Crippen LogP contribution in [-0.2, 0) is 19.1 Å². The Morgan fingerprint density at radius 1 is 1.05 bits per heavy atom. The van der Waals surface area contributed by atoms with Crippen molar-refractivity contribution in [1.82, 2.24) is 15.3 Å². The fourth-order valence-corrected chi connectivity index (χ4v) is 2.34. The number of nitrogens with one attached hydrogen (secondary N) is 1. The third kappa shape index (κ3) is 2.38. The average molecular weight is 279 g/mol. The average Bonchev–Trinajstić information content (AvgIpc) is 2.46. The van der Waals surface area contributed by atoms with Crippen LogP contribution in [0, 0.1) is 0 Å². The molecule has 0 saturated heterocycles. The smallest absolute Gasteiger partial charge is 0.312 e. The first-order valence-electron chi connectivity index (χ1n) is 6.27. The Kier molecular flexibility index (Phi) is 3.17. The van der Waals surface area contributed by atoms with Crippen LogP contribution in [0.4, 0.5) is 13.2 Å². The van der Waals surface area contributed by atoms with E-state index >= 15 is 0 Å². The van der Waals surface area contributed by atoms with Crippen LogP contribution >= 0.6 is 0 Å². The maximum absolute atomic E-state index is 12.6. The van der Waals surface area contributed by atoms with Crippen LogP contribution in [-0.4, -0.2) is 16.5 Å². The second-order valence-electron chi connectivity index (χ2n) is 4.65. The monoisotopic (exact) mass is 279 g/mol. The molecule has 0 spiro atoms. The van der Waals surface area contributed by atoms with Gasteiger partial charge < -0.3 is 5.32 Å². The number of rotatable bonds is 1. The van der Waals surface area contributed by atoms with E-state index in [9.17, 15) is 13.2 Å². The maximum Gasteiger partial charge on any atom is 0.416 e. The van der Waals surface area contributed by atoms with Crippen LogP contribution in [0.1, 0.15) is 16.8 Å². The minimum atomic E-state index is -4.31. The van der Waals surface area contributed by atoms with E-state index in [1.807, 2.05) is 0 Å². The van der Waals surface area contributed by atoms with Crippen molar-refractivity contribution in [1.29, 1.82) is 0 Å². The van der Waals surface area contributed by atoms with Crippen LogP contribution in [0.3, 0.4) is 0 Å². The van der Waals surface area contributed by atoms with E-state index in [-0.39, 0.29) is 0 Å². The highest BCUT2D eigenvalue weighted by Crippen LogP contribution is 2.31. The molecule has 1 aromatic carbocycles. The molecule has 0 saturated carbocycles. The van der Waals surface area contributed by atoms with Gasteiger partial charge in [-0.2, -0.15) is 13.2 Å². The Labute approximate surface area is 113 Å². The summed E-state index contributed by atoms with van der Waals surface area (Å²) in [5, 5.41) is 3.23. The second-order valence-corrected chi connectivity index (χ2v) is 4.65. The van der Waals surface area contributed by atoms with Crippen molar-refractivity contribution in [3.8, 4) is 11.3 Å². The Hall–Kier alpha value is -1.95. The summed E-state index contributed by atoms with van der Waals surface area (Å²) in [6.07, 6.45) is -2.03. The summed E-state index contributed by atoms with van der Waals surface area (Å²) < 4.78 is 37.7. The van der Waals surface area contributed by atoms with E-state index in [0.717, 1.165) is 36.4 Å². The summed E-state index contributed by atoms with van der Waals surface area (Å²) in [5.41, 5.74) is 2.67. The Bertz CT molecular complexity index is 621. The number of aromatic nitrogens is 2. The first-order chi connectivity index (χ1) is 9.55. The molecule has 1 aliphatic rings. The van der Waals surface area contributed by atoms with Gasteiger partial charge in [-0.1, -0.05) is 12.1 Å². The van der Waals surface area contributed by atoms with Gasteiger partial charge in [-0.05, 0) is 12.1 Å². The van der Waals surface area contributed by atoms with E-state index in [1.54, 1.807) is 0 Å². The number of fused-ring (bicyclic) bond motifs is 1. The predicted octanol–water partition coefficient (Wildman–Crippen LogP) is 2.81. The highest BCUT2D eigenvalue weighted by atomic mass is 19.4. The fraction of sp³-hybridized carbons (Fsp3) is 0.286. The number of benzene rings is 1. The first kappa shape index (κ1) is 13.1. The SMILES string of the molecule is FC(F)(F)c1ccc(-c2ncnc3c2CNCC3)cc1. The van der Waals surface area contributed by atoms with Crippen molar-refractivity contribution in [3.63, 3.8) is 0 Å². The lowest BCUT2D eigenvalue weighted by Gasteiger charge is -2.18. The van der Waals surface area contributed by atoms with Crippen molar-refractivity contribution < 1.29 is 13.2 Å². The number of nitrogens with zero attached hydrogens (tertiary/aromatic N) is 2. The molecular weight excluding hydrogens is 267 g/mol. The molecule has 3 nitrogen and oxygen atoms in total. The molecule has 20 heavy (non-hydrogen) atoms. The highest BCUT2D eigenvalue weighted by Gasteiger charge is 2.30. The van der Waals surface area contributed by atoms with Crippen LogP contribution in [0.5, 0.6) is 0 Å². The molecule has 0 aliphatic carbocycles. The number of alkyl halides is 3. The van der Waals surface area contributed by atoms with Gasteiger partial charge in [0.05, 0.1) is 17.0 Å². The zero-order chi connectivity index (χ0) is 14.2. The topological polar surface area (TPSA) is 37.8 Å². The Balaban J connectivity index is 2.01. The molecule has 1 aliphatic heterocycles. The summed E-state index contributed by atoms with van der Waals surface area (Å²) in [4.78, 5) is 8.45. The van der Waals surface area contributed by atoms with Crippen molar-refractivity contribution in [2.75, 3.05) is 6.54 Å². The fourth-order valence-electron chi connectivity index (χ4n) is 2.34. The molecule has 2 aromatic rings. The predicted molar refractivity (Wildman–Crippen MR) is 67.9 cm³/mol. The highest BCUT2D eigenvalue weighted by molar-refractivity contribution is 5.64. The van der Waals surface area contributed by atoms with E-state index in [2.05, 4.69) is 15.3 Å². The molecule has 1 aromatic heterocycles. The standard InChI is InChI=1S/C14H12F3N3/c15-14(16,17)10-3-1-9(2-4-10)13-11-7-18-6-5-12(11)19-8-20-13/h1-4,8,18H,5-7H2. The van der Waals surface area contributed by atoms with E-state index < -0.39 is 11.7 Å². The normalized spacial score (nSPS) is 14.9. The molecule has 0 atom stereocenters. The van der Waals surface area contributed by atoms with Crippen LogP contribution < -0.4 is 5.32 Å². The summed E-state index contributed by atoms with van der Waals surface area (Å²) in [6.45, 7) is 1.50. The van der Waals surface area contributed by atoms with Gasteiger partial charge in [-0.25, -0.2) is 9.97 Å². The van der Waals surface area contributed by atoms with Gasteiger partial charge in [0.1, 0.15) is 6.33 Å². The molecule has 3 rings (SSSR count). The third-order valence-electron chi connectivity index (χ3n) is 3.36. The van der Waals surface area contributed by atoms with E-state index in [0.29, 0.717) is 17.8 Å². The van der Waals surface area contributed by atoms with Gasteiger partial charge in [0.15, 0.2) is 0 Å². The zero-order valence-corrected chi connectivity index (χ0v) is 10.5. The van der Waals surface area contributed by atoms with Gasteiger partial charge in [-0.15, -0.1) is 0 Å². The van der Waals surface area contributed by atoms with Crippen molar-refractivity contribution in [3.05, 3.63) is 47.4 Å². The summed E-state index contributed by atoms with van der Waals surface area (Å²) in [5.74, 6) is 0. The summed E-state index contributed by atoms with van der Waals surface area (Å²) >= 11 is 0. The third-order valence-corrected chi connectivity index (χ3v) is 3.36. The van der Waals surface area contributed by atoms with E-state index in [1.165, 1.54) is 18.5 Å². The van der Waals surface area contributed by atoms with E-state index in [4.69, 9.17) is 0 Å². The molecular formula is C14H12F3N3. The van der Waals surface area contributed by atoms with Gasteiger partial charge in [-0.3, -0.25) is 0 Å². The van der Waals surface area contributed by atoms with Crippen LogP contribution in [0.25, 0.3) is 11.3 Å². The first-order valence-corrected chi connectivity index (χ1v) is 6.27. The minimum absolute atomic E-state index is 0.645. The van der Waals surface area contributed by atoms with Crippen LogP contribution in [0.15, 0.2) is 30.6 Å². The van der Waals surface area contributed by atoms with Crippen LogP contribution in [0.2, 0.25) is 0 Å². The Morgan fingerprint density at radius 3 is 2.50 bits per heavy atom. The van der Waals surface area contributed by atoms with Gasteiger partial charge in [0, 0.05) is 30.6 Å². The molecule has 104 valence electrons. The van der Waals surface area contributed by atoms with Crippen molar-refractivity contribution >= 4 is 0 Å². The largest absolute Gasteiger partial charge is 0.416 e. The molecule has 2 heterocycles. The molecule has 0 amide bonds. The number of halogens is 3. The second kappa shape index (κ2) is 4.86. The number of hydrogen-bond donors (Lipinski definition) is 1. The lowest BCUT2D eigenvalue weighted by molar-refractivity contribution is -0.137. The molecule has 0 unspecified atom stereocenters. The van der Waals surface area contributed by atoms with Crippen molar-refractivity contribution in [2.45, 2.75) is 19.1 Å². The molecule has 1 N–H and O–H groups in total. The molecule has 0 fully saturated rings. The molecule has 0 bridgehead atoms. The quantitative estimate of drug-likeness (QED) is 0.872. The van der Waals surface area contributed by atoms with Crippen molar-refractivity contribution in [2.24, 2.45) is 0 Å². The zero-order valence-electron chi connectivity index (χ0n) is 10.5. The molecule has 0 radical (unpaired) electrons. The number of hydrogen-bond acceptors (Lipinski definition) is 3.